The average molecular weight is 458 g/mol. The summed E-state index contributed by atoms with van der Waals surface area (Å²) in [6.07, 6.45) is 4.15. The maximum Gasteiger partial charge on any atom is 0.191 e. The summed E-state index contributed by atoms with van der Waals surface area (Å²) in [6.45, 7) is 2.87. The van der Waals surface area contributed by atoms with Gasteiger partial charge in [0.15, 0.2) is 15.8 Å². The van der Waals surface area contributed by atoms with E-state index in [0.29, 0.717) is 31.3 Å². The van der Waals surface area contributed by atoms with E-state index < -0.39 is 9.84 Å². The third-order valence-corrected chi connectivity index (χ3v) is 6.42. The molecule has 0 spiro atoms. The van der Waals surface area contributed by atoms with E-state index in [0.717, 1.165) is 31.9 Å². The van der Waals surface area contributed by atoms with Crippen molar-refractivity contribution in [1.29, 1.82) is 0 Å². The van der Waals surface area contributed by atoms with Gasteiger partial charge in [-0.25, -0.2) is 8.42 Å². The summed E-state index contributed by atoms with van der Waals surface area (Å²) in [6, 6.07) is 0.366. The highest BCUT2D eigenvalue weighted by Gasteiger charge is 2.41. The Hall–Kier alpha value is -0.130. The van der Waals surface area contributed by atoms with Crippen molar-refractivity contribution in [3.05, 3.63) is 0 Å². The normalized spacial score (nSPS) is 33.3. The highest BCUT2D eigenvalue weighted by atomic mass is 127. The van der Waals surface area contributed by atoms with E-state index >= 15 is 0 Å². The van der Waals surface area contributed by atoms with Gasteiger partial charge in [-0.15, -0.1) is 24.0 Å². The summed E-state index contributed by atoms with van der Waals surface area (Å²) in [7, 11) is -1.02. The predicted octanol–water partition coefficient (Wildman–Crippen LogP) is -0.180. The van der Waals surface area contributed by atoms with Crippen LogP contribution in [0.25, 0.3) is 0 Å². The van der Waals surface area contributed by atoms with Crippen LogP contribution in [0.15, 0.2) is 4.99 Å². The van der Waals surface area contributed by atoms with Crippen LogP contribution in [-0.4, -0.2) is 82.3 Å². The van der Waals surface area contributed by atoms with Gasteiger partial charge in [0.05, 0.1) is 29.8 Å². The number of nitrogens with zero attached hydrogens (tertiary/aromatic N) is 2. The Kier molecular flexibility index (Phi) is 6.93. The lowest BCUT2D eigenvalue weighted by Gasteiger charge is -2.27. The number of aliphatic imine (C=N–C) groups is 1. The van der Waals surface area contributed by atoms with E-state index in [-0.39, 0.29) is 35.5 Å². The van der Waals surface area contributed by atoms with Crippen molar-refractivity contribution < 1.29 is 13.2 Å². The van der Waals surface area contributed by atoms with Crippen molar-refractivity contribution in [2.75, 3.05) is 44.7 Å². The number of guanidine groups is 1. The first-order valence-electron chi connectivity index (χ1n) is 8.11. The summed E-state index contributed by atoms with van der Waals surface area (Å²) in [4.78, 5) is 6.45. The fourth-order valence-corrected chi connectivity index (χ4v) is 4.74. The van der Waals surface area contributed by atoms with Crippen LogP contribution >= 0.6 is 24.0 Å². The summed E-state index contributed by atoms with van der Waals surface area (Å²) in [5.74, 6) is 1.37. The van der Waals surface area contributed by atoms with Crippen molar-refractivity contribution in [3.8, 4) is 0 Å². The quantitative estimate of drug-likeness (QED) is 0.346. The molecule has 0 radical (unpaired) electrons. The highest BCUT2D eigenvalue weighted by molar-refractivity contribution is 14.0. The SMILES string of the molecule is CN=C(NCCN1CCS(=O)(=O)CC1)NC1CC2CCC1O2.I. The summed E-state index contributed by atoms with van der Waals surface area (Å²) in [5.41, 5.74) is 0. The number of sulfone groups is 1. The summed E-state index contributed by atoms with van der Waals surface area (Å²) < 4.78 is 28.6. The smallest absolute Gasteiger partial charge is 0.191 e. The first kappa shape index (κ1) is 19.2. The molecule has 3 rings (SSSR count). The third-order valence-electron chi connectivity index (χ3n) is 4.81. The van der Waals surface area contributed by atoms with Gasteiger partial charge in [-0.3, -0.25) is 9.89 Å². The van der Waals surface area contributed by atoms with Crippen molar-refractivity contribution >= 4 is 39.8 Å². The first-order valence-corrected chi connectivity index (χ1v) is 9.93. The Morgan fingerprint density at radius 1 is 1.30 bits per heavy atom. The molecule has 7 nitrogen and oxygen atoms in total. The highest BCUT2D eigenvalue weighted by Crippen LogP contribution is 2.34. The van der Waals surface area contributed by atoms with E-state index in [1.165, 1.54) is 6.42 Å². The zero-order valence-corrected chi connectivity index (χ0v) is 16.7. The molecular weight excluding hydrogens is 431 g/mol. The van der Waals surface area contributed by atoms with Crippen LogP contribution in [0.3, 0.4) is 0 Å². The number of nitrogens with one attached hydrogen (secondary N) is 2. The fraction of sp³-hybridized carbons (Fsp3) is 0.929. The van der Waals surface area contributed by atoms with Crippen LogP contribution < -0.4 is 10.6 Å². The minimum Gasteiger partial charge on any atom is -0.373 e. The standard InChI is InChI=1S/C14H26N4O3S.HI/c1-15-14(17-12-10-11-2-3-13(12)21-11)16-4-5-18-6-8-22(19,20)9-7-18;/h11-13H,2-10H2,1H3,(H2,15,16,17);1H. The molecule has 0 aromatic carbocycles. The van der Waals surface area contributed by atoms with Crippen LogP contribution in [-0.2, 0) is 14.6 Å². The molecule has 0 amide bonds. The molecule has 3 atom stereocenters. The van der Waals surface area contributed by atoms with Gasteiger partial charge in [0.1, 0.15) is 0 Å². The van der Waals surface area contributed by atoms with E-state index in [2.05, 4.69) is 20.5 Å². The molecule has 0 aliphatic carbocycles. The van der Waals surface area contributed by atoms with Crippen molar-refractivity contribution in [2.24, 2.45) is 4.99 Å². The molecule has 3 heterocycles. The van der Waals surface area contributed by atoms with Gasteiger partial charge in [-0.1, -0.05) is 0 Å². The van der Waals surface area contributed by atoms with Crippen LogP contribution in [0.1, 0.15) is 19.3 Å². The van der Waals surface area contributed by atoms with Gasteiger partial charge in [0.25, 0.3) is 0 Å². The van der Waals surface area contributed by atoms with Gasteiger partial charge in [0.2, 0.25) is 0 Å². The Bertz CT molecular complexity index is 514. The molecule has 134 valence electrons. The average Bonchev–Trinajstić information content (AvgIpc) is 3.10. The van der Waals surface area contributed by atoms with Gasteiger partial charge in [0, 0.05) is 33.2 Å². The van der Waals surface area contributed by atoms with Crippen LogP contribution in [0, 0.1) is 0 Å². The molecule has 0 aromatic rings. The lowest BCUT2D eigenvalue weighted by atomic mass is 9.96. The van der Waals surface area contributed by atoms with Gasteiger partial charge < -0.3 is 15.4 Å². The van der Waals surface area contributed by atoms with E-state index in [4.69, 9.17) is 4.74 Å². The zero-order chi connectivity index (χ0) is 15.6. The molecular formula is C14H27IN4O3S. The number of hydrogen-bond acceptors (Lipinski definition) is 5. The van der Waals surface area contributed by atoms with Crippen LogP contribution in [0.5, 0.6) is 0 Å². The van der Waals surface area contributed by atoms with E-state index in [1.54, 1.807) is 7.05 Å². The van der Waals surface area contributed by atoms with Crippen molar-refractivity contribution in [3.63, 3.8) is 0 Å². The van der Waals surface area contributed by atoms with Crippen LogP contribution in [0.4, 0.5) is 0 Å². The lowest BCUT2D eigenvalue weighted by Crippen LogP contribution is -2.50. The Labute approximate surface area is 155 Å². The Morgan fingerprint density at radius 2 is 2.04 bits per heavy atom. The molecule has 9 heteroatoms. The summed E-state index contributed by atoms with van der Waals surface area (Å²) >= 11 is 0. The number of hydrogen-bond donors (Lipinski definition) is 2. The zero-order valence-electron chi connectivity index (χ0n) is 13.5. The van der Waals surface area contributed by atoms with E-state index in [9.17, 15) is 8.42 Å². The topological polar surface area (TPSA) is 83.0 Å². The number of ether oxygens (including phenoxy) is 1. The largest absolute Gasteiger partial charge is 0.373 e. The molecule has 3 aliphatic rings. The summed E-state index contributed by atoms with van der Waals surface area (Å²) in [5, 5.41) is 6.76. The van der Waals surface area contributed by atoms with Gasteiger partial charge >= 0.3 is 0 Å². The number of halogens is 1. The van der Waals surface area contributed by atoms with Gasteiger partial charge in [-0.2, -0.15) is 0 Å². The monoisotopic (exact) mass is 458 g/mol. The minimum absolute atomic E-state index is 0. The molecule has 23 heavy (non-hydrogen) atoms. The number of rotatable bonds is 4. The Balaban J connectivity index is 0.00000192. The Morgan fingerprint density at radius 3 is 2.61 bits per heavy atom. The van der Waals surface area contributed by atoms with Gasteiger partial charge in [-0.05, 0) is 19.3 Å². The molecule has 3 aliphatic heterocycles. The van der Waals surface area contributed by atoms with E-state index in [1.807, 2.05) is 0 Å². The first-order chi connectivity index (χ1) is 10.6. The fourth-order valence-electron chi connectivity index (χ4n) is 3.47. The molecule has 3 fully saturated rings. The van der Waals surface area contributed by atoms with Crippen LogP contribution in [0.2, 0.25) is 0 Å². The maximum atomic E-state index is 11.4. The molecule has 3 unspecified atom stereocenters. The molecule has 0 aromatic heterocycles. The second-order valence-electron chi connectivity index (χ2n) is 6.35. The second-order valence-corrected chi connectivity index (χ2v) is 8.66. The molecule has 2 N–H and O–H groups in total. The predicted molar refractivity (Wildman–Crippen MR) is 101 cm³/mol. The molecule has 3 saturated heterocycles. The molecule has 2 bridgehead atoms. The number of fused-ring (bicyclic) bond motifs is 2. The van der Waals surface area contributed by atoms with Crippen molar-refractivity contribution in [1.82, 2.24) is 15.5 Å². The second kappa shape index (κ2) is 8.30. The molecule has 0 saturated carbocycles. The maximum absolute atomic E-state index is 11.4. The third kappa shape index (κ3) is 5.17. The lowest BCUT2D eigenvalue weighted by molar-refractivity contribution is 0.0992. The minimum atomic E-state index is -2.79. The van der Waals surface area contributed by atoms with Crippen molar-refractivity contribution in [2.45, 2.75) is 37.5 Å².